The Bertz CT molecular complexity index is 331. The summed E-state index contributed by atoms with van der Waals surface area (Å²) in [6.07, 6.45) is 1.80. The number of hydrogen-bond donors (Lipinski definition) is 0. The summed E-state index contributed by atoms with van der Waals surface area (Å²) < 4.78 is 10.1. The Labute approximate surface area is 95.3 Å². The molecule has 3 saturated carbocycles. The average Bonchev–Trinajstić information content (AvgIpc) is 1.94. The largest absolute Gasteiger partial charge is 0.469 e. The van der Waals surface area contributed by atoms with Crippen LogP contribution in [0, 0.1) is 10.8 Å². The molecule has 3 rings (SSSR count). The highest BCUT2D eigenvalue weighted by Gasteiger charge is 2.76. The Hall–Kier alpha value is -1.06. The third-order valence-corrected chi connectivity index (χ3v) is 3.48. The van der Waals surface area contributed by atoms with Crippen LogP contribution >= 0.6 is 0 Å². The van der Waals surface area contributed by atoms with E-state index < -0.39 is 5.60 Å². The quantitative estimate of drug-likeness (QED) is 0.672. The SMILES string of the molecule is COC(=O)C12CC(C(=O)OC(C)(C)C)(C1)C2. The Kier molecular flexibility index (Phi) is 2.14. The summed E-state index contributed by atoms with van der Waals surface area (Å²) in [5, 5.41) is 0. The molecule has 4 nitrogen and oxygen atoms in total. The highest BCUT2D eigenvalue weighted by atomic mass is 16.6. The van der Waals surface area contributed by atoms with E-state index >= 15 is 0 Å². The van der Waals surface area contributed by atoms with Crippen LogP contribution in [0.1, 0.15) is 40.0 Å². The van der Waals surface area contributed by atoms with E-state index in [9.17, 15) is 9.59 Å². The summed E-state index contributed by atoms with van der Waals surface area (Å²) >= 11 is 0. The lowest BCUT2D eigenvalue weighted by molar-refractivity contribution is -0.241. The summed E-state index contributed by atoms with van der Waals surface area (Å²) in [5.41, 5.74) is -1.21. The zero-order chi connectivity index (χ0) is 12.2. The molecule has 0 spiro atoms. The maximum Gasteiger partial charge on any atom is 0.312 e. The molecule has 3 fully saturated rings. The minimum Gasteiger partial charge on any atom is -0.469 e. The second-order valence-corrected chi connectivity index (χ2v) is 6.08. The van der Waals surface area contributed by atoms with Gasteiger partial charge < -0.3 is 9.47 Å². The molecule has 90 valence electrons. The Morgan fingerprint density at radius 1 is 1.00 bits per heavy atom. The van der Waals surface area contributed by atoms with E-state index in [2.05, 4.69) is 0 Å². The first-order valence-corrected chi connectivity index (χ1v) is 5.55. The van der Waals surface area contributed by atoms with Crippen LogP contribution in [-0.4, -0.2) is 24.6 Å². The number of methoxy groups -OCH3 is 1. The monoisotopic (exact) mass is 226 g/mol. The molecule has 0 heterocycles. The average molecular weight is 226 g/mol. The van der Waals surface area contributed by atoms with Gasteiger partial charge in [-0.2, -0.15) is 0 Å². The number of carbonyl (C=O) groups excluding carboxylic acids is 2. The van der Waals surface area contributed by atoms with Crippen LogP contribution in [0.5, 0.6) is 0 Å². The second kappa shape index (κ2) is 2.99. The van der Waals surface area contributed by atoms with Gasteiger partial charge >= 0.3 is 11.9 Å². The lowest BCUT2D eigenvalue weighted by Gasteiger charge is -2.66. The van der Waals surface area contributed by atoms with Crippen molar-refractivity contribution in [1.29, 1.82) is 0 Å². The molecule has 0 amide bonds. The maximum absolute atomic E-state index is 11.9. The highest BCUT2D eigenvalue weighted by Crippen LogP contribution is 2.74. The molecule has 0 aromatic rings. The molecule has 2 bridgehead atoms. The predicted molar refractivity (Wildman–Crippen MR) is 56.6 cm³/mol. The summed E-state index contributed by atoms with van der Waals surface area (Å²) in [6.45, 7) is 5.56. The molecule has 0 N–H and O–H groups in total. The minimum absolute atomic E-state index is 0.161. The van der Waals surface area contributed by atoms with Crippen molar-refractivity contribution in [2.24, 2.45) is 10.8 Å². The fraction of sp³-hybridized carbons (Fsp3) is 0.833. The lowest BCUT2D eigenvalue weighted by Crippen LogP contribution is -2.69. The minimum atomic E-state index is -0.453. The maximum atomic E-state index is 11.9. The van der Waals surface area contributed by atoms with Gasteiger partial charge in [-0.25, -0.2) is 0 Å². The number of carbonyl (C=O) groups is 2. The van der Waals surface area contributed by atoms with Crippen LogP contribution in [0.3, 0.4) is 0 Å². The van der Waals surface area contributed by atoms with Crippen molar-refractivity contribution in [2.75, 3.05) is 7.11 Å². The van der Waals surface area contributed by atoms with Gasteiger partial charge in [-0.1, -0.05) is 0 Å². The van der Waals surface area contributed by atoms with E-state index in [0.29, 0.717) is 19.3 Å². The smallest absolute Gasteiger partial charge is 0.312 e. The van der Waals surface area contributed by atoms with Gasteiger partial charge in [0.05, 0.1) is 17.9 Å². The summed E-state index contributed by atoms with van der Waals surface area (Å²) in [4.78, 5) is 23.3. The van der Waals surface area contributed by atoms with Crippen LogP contribution in [-0.2, 0) is 19.1 Å². The van der Waals surface area contributed by atoms with Crippen LogP contribution < -0.4 is 0 Å². The van der Waals surface area contributed by atoms with Gasteiger partial charge in [0.2, 0.25) is 0 Å². The standard InChI is InChI=1S/C12H18O4/c1-10(2,3)16-9(14)12-5-11(6-12,7-12)8(13)15-4/h5-7H2,1-4H3. The molecular weight excluding hydrogens is 208 g/mol. The molecule has 0 radical (unpaired) electrons. The van der Waals surface area contributed by atoms with E-state index in [1.165, 1.54) is 7.11 Å². The lowest BCUT2D eigenvalue weighted by atomic mass is 9.35. The van der Waals surface area contributed by atoms with E-state index in [4.69, 9.17) is 9.47 Å². The van der Waals surface area contributed by atoms with Crippen molar-refractivity contribution < 1.29 is 19.1 Å². The molecule has 0 aromatic carbocycles. The molecule has 4 heteroatoms. The Morgan fingerprint density at radius 2 is 1.44 bits per heavy atom. The molecular formula is C12H18O4. The van der Waals surface area contributed by atoms with Crippen molar-refractivity contribution in [3.05, 3.63) is 0 Å². The van der Waals surface area contributed by atoms with Crippen LogP contribution in [0.4, 0.5) is 0 Å². The van der Waals surface area contributed by atoms with Gasteiger partial charge in [0.25, 0.3) is 0 Å². The zero-order valence-corrected chi connectivity index (χ0v) is 10.3. The van der Waals surface area contributed by atoms with Crippen molar-refractivity contribution in [2.45, 2.75) is 45.6 Å². The van der Waals surface area contributed by atoms with Crippen molar-refractivity contribution in [1.82, 2.24) is 0 Å². The van der Waals surface area contributed by atoms with E-state index in [1.807, 2.05) is 20.8 Å². The molecule has 3 aliphatic rings. The summed E-state index contributed by atoms with van der Waals surface area (Å²) in [6, 6.07) is 0. The molecule has 0 aromatic heterocycles. The first-order chi connectivity index (χ1) is 7.23. The van der Waals surface area contributed by atoms with Crippen LogP contribution in [0.15, 0.2) is 0 Å². The van der Waals surface area contributed by atoms with Gasteiger partial charge in [0.1, 0.15) is 5.60 Å². The van der Waals surface area contributed by atoms with E-state index in [0.717, 1.165) is 0 Å². The molecule has 0 aliphatic heterocycles. The van der Waals surface area contributed by atoms with Gasteiger partial charge in [-0.15, -0.1) is 0 Å². The van der Waals surface area contributed by atoms with Crippen molar-refractivity contribution >= 4 is 11.9 Å². The van der Waals surface area contributed by atoms with E-state index in [1.54, 1.807) is 0 Å². The highest BCUT2D eigenvalue weighted by molar-refractivity contribution is 5.91. The van der Waals surface area contributed by atoms with Crippen molar-refractivity contribution in [3.63, 3.8) is 0 Å². The first kappa shape index (κ1) is 11.4. The fourth-order valence-electron chi connectivity index (χ4n) is 2.82. The Balaban J connectivity index is 1.94. The third kappa shape index (κ3) is 1.43. The number of rotatable bonds is 2. The van der Waals surface area contributed by atoms with E-state index in [-0.39, 0.29) is 22.8 Å². The molecule has 0 saturated heterocycles. The zero-order valence-electron chi connectivity index (χ0n) is 10.3. The molecule has 3 aliphatic carbocycles. The van der Waals surface area contributed by atoms with Gasteiger partial charge in [0, 0.05) is 0 Å². The number of hydrogen-bond acceptors (Lipinski definition) is 4. The topological polar surface area (TPSA) is 52.6 Å². The molecule has 0 unspecified atom stereocenters. The predicted octanol–water partition coefficient (Wildman–Crippen LogP) is 1.67. The molecule has 0 atom stereocenters. The number of ether oxygens (including phenoxy) is 2. The van der Waals surface area contributed by atoms with Gasteiger partial charge in [0.15, 0.2) is 0 Å². The first-order valence-electron chi connectivity index (χ1n) is 5.55. The van der Waals surface area contributed by atoms with Gasteiger partial charge in [-0.3, -0.25) is 9.59 Å². The second-order valence-electron chi connectivity index (χ2n) is 6.08. The third-order valence-electron chi connectivity index (χ3n) is 3.48. The van der Waals surface area contributed by atoms with Crippen LogP contribution in [0.2, 0.25) is 0 Å². The number of esters is 2. The van der Waals surface area contributed by atoms with Crippen LogP contribution in [0.25, 0.3) is 0 Å². The fourth-order valence-corrected chi connectivity index (χ4v) is 2.82. The van der Waals surface area contributed by atoms with Gasteiger partial charge in [-0.05, 0) is 40.0 Å². The molecule has 16 heavy (non-hydrogen) atoms. The Morgan fingerprint density at radius 3 is 1.81 bits per heavy atom. The van der Waals surface area contributed by atoms with Crippen molar-refractivity contribution in [3.8, 4) is 0 Å². The summed E-state index contributed by atoms with van der Waals surface area (Å²) in [7, 11) is 1.39. The summed E-state index contributed by atoms with van der Waals surface area (Å²) in [5.74, 6) is -0.344. The normalized spacial score (nSPS) is 35.8.